The minimum Gasteiger partial charge on any atom is -0.453 e. The zero-order chi connectivity index (χ0) is 29.3. The van der Waals surface area contributed by atoms with E-state index in [0.29, 0.717) is 23.6 Å². The van der Waals surface area contributed by atoms with Gasteiger partial charge in [-0.1, -0.05) is 72.3 Å². The number of nitrogens with zero attached hydrogens (tertiary/aromatic N) is 4. The molecular weight excluding hydrogens is 552 g/mol. The van der Waals surface area contributed by atoms with E-state index in [4.69, 9.17) is 11.6 Å². The number of hydrogen-bond acceptors (Lipinski definition) is 6. The summed E-state index contributed by atoms with van der Waals surface area (Å²) in [4.78, 5) is 24.9. The maximum Gasteiger partial charge on any atom is 0.411 e. The lowest BCUT2D eigenvalue weighted by atomic mass is 9.95. The topological polar surface area (TPSA) is 111 Å². The molecule has 5 rings (SSSR count). The van der Waals surface area contributed by atoms with Gasteiger partial charge in [0.05, 0.1) is 18.8 Å². The number of methoxy groups -OCH3 is 1. The first-order valence-corrected chi connectivity index (χ1v) is 13.8. The predicted molar refractivity (Wildman–Crippen MR) is 161 cm³/mol. The van der Waals surface area contributed by atoms with E-state index in [-0.39, 0.29) is 18.4 Å². The Morgan fingerprint density at radius 2 is 1.74 bits per heavy atom. The van der Waals surface area contributed by atoms with Crippen molar-refractivity contribution < 1.29 is 14.3 Å². The van der Waals surface area contributed by atoms with E-state index in [2.05, 4.69) is 49.1 Å². The summed E-state index contributed by atoms with van der Waals surface area (Å²) in [6, 6.07) is 30.9. The number of carbonyl (C=O) groups is 2. The zero-order valence-electron chi connectivity index (χ0n) is 22.9. The first-order valence-electron chi connectivity index (χ1n) is 13.4. The van der Waals surface area contributed by atoms with Crippen LogP contribution < -0.4 is 10.6 Å². The summed E-state index contributed by atoms with van der Waals surface area (Å²) < 4.78 is 6.22. The highest BCUT2D eigenvalue weighted by molar-refractivity contribution is 6.30. The minimum atomic E-state index is -0.522. The minimum absolute atomic E-state index is 0.0813. The molecule has 1 aromatic heterocycles. The second-order valence-corrected chi connectivity index (χ2v) is 10.1. The van der Waals surface area contributed by atoms with Crippen LogP contribution in [-0.4, -0.2) is 39.3 Å². The standard InChI is InChI=1S/C32H29ClN6O3/c1-42-32(41)35-28-14-10-23(11-15-28)24-8-5-9-25(19-24)29(18-22-6-3-2-4-7-22)36-31(40)17-12-26-20-27(33)13-16-30(26)39-21-34-37-38-39/h2-11,13-16,19-21,29H,12,17-18H2,1H3,(H,35,41)(H,36,40)/t29-/m0/s1. The van der Waals surface area contributed by atoms with Crippen molar-refractivity contribution >= 4 is 29.3 Å². The monoisotopic (exact) mass is 580 g/mol. The smallest absolute Gasteiger partial charge is 0.411 e. The average molecular weight is 581 g/mol. The van der Waals surface area contributed by atoms with Crippen LogP contribution in [0.25, 0.3) is 16.8 Å². The molecule has 0 aliphatic rings. The van der Waals surface area contributed by atoms with Crippen molar-refractivity contribution in [1.29, 1.82) is 0 Å². The van der Waals surface area contributed by atoms with Crippen LogP contribution in [0.5, 0.6) is 0 Å². The number of halogens is 1. The lowest BCUT2D eigenvalue weighted by molar-refractivity contribution is -0.121. The van der Waals surface area contributed by atoms with E-state index in [1.54, 1.807) is 10.7 Å². The Bertz CT molecular complexity index is 1640. The van der Waals surface area contributed by atoms with Gasteiger partial charge in [-0.05, 0) is 87.5 Å². The van der Waals surface area contributed by atoms with E-state index in [1.165, 1.54) is 13.4 Å². The van der Waals surface area contributed by atoms with Crippen LogP contribution in [0.3, 0.4) is 0 Å². The van der Waals surface area contributed by atoms with E-state index in [9.17, 15) is 9.59 Å². The molecule has 0 fully saturated rings. The summed E-state index contributed by atoms with van der Waals surface area (Å²) in [5.74, 6) is -0.0813. The summed E-state index contributed by atoms with van der Waals surface area (Å²) in [5.41, 5.74) is 6.36. The Morgan fingerprint density at radius 1 is 0.929 bits per heavy atom. The Hall–Kier alpha value is -5.02. The third-order valence-electron chi connectivity index (χ3n) is 6.82. The largest absolute Gasteiger partial charge is 0.453 e. The summed E-state index contributed by atoms with van der Waals surface area (Å²) in [7, 11) is 1.32. The molecule has 0 unspecified atom stereocenters. The Kier molecular flexibility index (Phi) is 9.20. The maximum atomic E-state index is 13.3. The number of benzene rings is 4. The Morgan fingerprint density at radius 3 is 2.48 bits per heavy atom. The van der Waals surface area contributed by atoms with Crippen LogP contribution in [0, 0.1) is 0 Å². The third-order valence-corrected chi connectivity index (χ3v) is 7.05. The summed E-state index contributed by atoms with van der Waals surface area (Å²) in [6.07, 6.45) is 2.34. The van der Waals surface area contributed by atoms with Gasteiger partial charge in [-0.15, -0.1) is 5.10 Å². The van der Waals surface area contributed by atoms with E-state index in [0.717, 1.165) is 33.5 Å². The average Bonchev–Trinajstić information content (AvgIpc) is 3.56. The van der Waals surface area contributed by atoms with Gasteiger partial charge in [0.15, 0.2) is 0 Å². The van der Waals surface area contributed by atoms with Crippen LogP contribution in [-0.2, 0) is 22.4 Å². The van der Waals surface area contributed by atoms with Gasteiger partial charge < -0.3 is 10.1 Å². The first kappa shape index (κ1) is 28.5. The van der Waals surface area contributed by atoms with Crippen LogP contribution >= 0.6 is 11.6 Å². The molecule has 2 N–H and O–H groups in total. The highest BCUT2D eigenvalue weighted by Crippen LogP contribution is 2.27. The van der Waals surface area contributed by atoms with Gasteiger partial charge in [-0.2, -0.15) is 0 Å². The van der Waals surface area contributed by atoms with Gasteiger partial charge in [0.25, 0.3) is 0 Å². The van der Waals surface area contributed by atoms with Crippen LogP contribution in [0.2, 0.25) is 5.02 Å². The Labute approximate surface area is 248 Å². The molecule has 42 heavy (non-hydrogen) atoms. The van der Waals surface area contributed by atoms with Crippen molar-refractivity contribution in [3.8, 4) is 16.8 Å². The lowest BCUT2D eigenvalue weighted by Gasteiger charge is -2.21. The molecule has 1 atom stereocenters. The van der Waals surface area contributed by atoms with Gasteiger partial charge in [0.1, 0.15) is 6.33 Å². The molecule has 9 nitrogen and oxygen atoms in total. The molecule has 10 heteroatoms. The molecule has 0 saturated carbocycles. The highest BCUT2D eigenvalue weighted by Gasteiger charge is 2.18. The summed E-state index contributed by atoms with van der Waals surface area (Å²) in [5, 5.41) is 17.9. The molecule has 4 aromatic carbocycles. The fourth-order valence-corrected chi connectivity index (χ4v) is 4.91. The zero-order valence-corrected chi connectivity index (χ0v) is 23.7. The first-order chi connectivity index (χ1) is 20.5. The van der Waals surface area contributed by atoms with Gasteiger partial charge in [-0.25, -0.2) is 9.48 Å². The molecular formula is C32H29ClN6O3. The van der Waals surface area contributed by atoms with Crippen LogP contribution in [0.15, 0.2) is 103 Å². The van der Waals surface area contributed by atoms with Crippen molar-refractivity contribution in [2.45, 2.75) is 25.3 Å². The molecule has 0 aliphatic carbocycles. The quantitative estimate of drug-likeness (QED) is 0.204. The second kappa shape index (κ2) is 13.6. The fraction of sp³-hybridized carbons (Fsp3) is 0.156. The number of carbonyl (C=O) groups excluding carboxylic acids is 2. The number of amides is 2. The van der Waals surface area contributed by atoms with Crippen LogP contribution in [0.1, 0.15) is 29.2 Å². The van der Waals surface area contributed by atoms with Crippen molar-refractivity contribution in [2.24, 2.45) is 0 Å². The van der Waals surface area contributed by atoms with Crippen molar-refractivity contribution in [3.05, 3.63) is 125 Å². The van der Waals surface area contributed by atoms with Crippen LogP contribution in [0.4, 0.5) is 10.5 Å². The second-order valence-electron chi connectivity index (χ2n) is 9.66. The summed E-state index contributed by atoms with van der Waals surface area (Å²) >= 11 is 6.27. The molecule has 0 bridgehead atoms. The maximum absolute atomic E-state index is 13.3. The number of aryl methyl sites for hydroxylation is 1. The third kappa shape index (κ3) is 7.38. The van der Waals surface area contributed by atoms with E-state index in [1.807, 2.05) is 72.8 Å². The highest BCUT2D eigenvalue weighted by atomic mass is 35.5. The van der Waals surface area contributed by atoms with Crippen molar-refractivity contribution in [2.75, 3.05) is 12.4 Å². The molecule has 212 valence electrons. The molecule has 5 aromatic rings. The number of anilines is 1. The Balaban J connectivity index is 1.34. The number of rotatable bonds is 10. The predicted octanol–water partition coefficient (Wildman–Crippen LogP) is 6.19. The molecule has 0 radical (unpaired) electrons. The van der Waals surface area contributed by atoms with Gasteiger partial charge in [0.2, 0.25) is 5.91 Å². The van der Waals surface area contributed by atoms with Crippen molar-refractivity contribution in [3.63, 3.8) is 0 Å². The number of aromatic nitrogens is 4. The molecule has 2 amide bonds. The fourth-order valence-electron chi connectivity index (χ4n) is 4.72. The number of hydrogen-bond donors (Lipinski definition) is 2. The number of nitrogens with one attached hydrogen (secondary N) is 2. The van der Waals surface area contributed by atoms with E-state index >= 15 is 0 Å². The number of ether oxygens (including phenoxy) is 1. The normalized spacial score (nSPS) is 11.5. The van der Waals surface area contributed by atoms with Gasteiger partial charge in [-0.3, -0.25) is 10.1 Å². The van der Waals surface area contributed by atoms with Gasteiger partial charge >= 0.3 is 6.09 Å². The molecule has 1 heterocycles. The molecule has 0 saturated heterocycles. The lowest BCUT2D eigenvalue weighted by Crippen LogP contribution is -2.30. The molecule has 0 aliphatic heterocycles. The summed E-state index contributed by atoms with van der Waals surface area (Å²) in [6.45, 7) is 0. The van der Waals surface area contributed by atoms with E-state index < -0.39 is 6.09 Å². The van der Waals surface area contributed by atoms with Gasteiger partial charge in [0, 0.05) is 17.1 Å². The SMILES string of the molecule is COC(=O)Nc1ccc(-c2cccc([C@H](Cc3ccccc3)NC(=O)CCc3cc(Cl)ccc3-n3cnnn3)c2)cc1. The molecule has 0 spiro atoms. The van der Waals surface area contributed by atoms with Crippen molar-refractivity contribution in [1.82, 2.24) is 25.5 Å². The number of tetrazole rings is 1.